The molecule has 1 fully saturated rings. The Balaban J connectivity index is 1.66. The van der Waals surface area contributed by atoms with Gasteiger partial charge in [-0.3, -0.25) is 10.2 Å². The van der Waals surface area contributed by atoms with Gasteiger partial charge in [0.05, 0.1) is 4.91 Å². The van der Waals surface area contributed by atoms with Gasteiger partial charge in [-0.05, 0) is 41.6 Å². The lowest BCUT2D eigenvalue weighted by atomic mass is 10.2. The van der Waals surface area contributed by atoms with E-state index in [1.54, 1.807) is 6.08 Å². The molecule has 0 spiro atoms. The van der Waals surface area contributed by atoms with Crippen molar-refractivity contribution < 1.29 is 9.53 Å². The molecule has 0 bridgehead atoms. The van der Waals surface area contributed by atoms with Crippen LogP contribution in [0.1, 0.15) is 11.1 Å². The molecule has 1 amide bonds. The van der Waals surface area contributed by atoms with E-state index in [0.29, 0.717) is 16.5 Å². The molecule has 0 radical (unpaired) electrons. The molecule has 4 nitrogen and oxygen atoms in total. The number of rotatable bonds is 4. The summed E-state index contributed by atoms with van der Waals surface area (Å²) in [7, 11) is 0. The number of thioether (sulfide) groups is 1. The summed E-state index contributed by atoms with van der Waals surface area (Å²) >= 11 is 7.21. The summed E-state index contributed by atoms with van der Waals surface area (Å²) in [5.41, 5.74) is 1.81. The highest BCUT2D eigenvalue weighted by molar-refractivity contribution is 8.18. The van der Waals surface area contributed by atoms with Crippen LogP contribution < -0.4 is 10.1 Å². The van der Waals surface area contributed by atoms with Crippen molar-refractivity contribution in [3.8, 4) is 5.75 Å². The van der Waals surface area contributed by atoms with Gasteiger partial charge in [-0.25, -0.2) is 0 Å². The molecule has 0 aromatic heterocycles. The van der Waals surface area contributed by atoms with Gasteiger partial charge < -0.3 is 10.1 Å². The zero-order valence-electron chi connectivity index (χ0n) is 12.0. The van der Waals surface area contributed by atoms with E-state index >= 15 is 0 Å². The van der Waals surface area contributed by atoms with Gasteiger partial charge in [-0.2, -0.15) is 0 Å². The Morgan fingerprint density at radius 2 is 1.91 bits per heavy atom. The van der Waals surface area contributed by atoms with Crippen LogP contribution in [0.5, 0.6) is 5.75 Å². The molecule has 1 aliphatic heterocycles. The minimum atomic E-state index is -0.237. The second kappa shape index (κ2) is 6.89. The maximum absolute atomic E-state index is 11.6. The Kier molecular flexibility index (Phi) is 4.69. The first kappa shape index (κ1) is 15.6. The number of halogens is 1. The third-order valence-electron chi connectivity index (χ3n) is 3.19. The number of amides is 1. The fraction of sp³-hybridized carbons (Fsp3) is 0.0588. The zero-order valence-corrected chi connectivity index (χ0v) is 13.6. The molecule has 0 unspecified atom stereocenters. The van der Waals surface area contributed by atoms with E-state index in [1.807, 2.05) is 48.5 Å². The molecular formula is C17H13ClN2O2S. The van der Waals surface area contributed by atoms with Crippen LogP contribution in [0.4, 0.5) is 0 Å². The zero-order chi connectivity index (χ0) is 16.2. The van der Waals surface area contributed by atoms with E-state index in [4.69, 9.17) is 21.7 Å². The van der Waals surface area contributed by atoms with Crippen LogP contribution in [0.2, 0.25) is 5.02 Å². The normalized spacial score (nSPS) is 15.8. The molecule has 1 heterocycles. The maximum Gasteiger partial charge on any atom is 0.264 e. The van der Waals surface area contributed by atoms with E-state index in [0.717, 1.165) is 28.6 Å². The van der Waals surface area contributed by atoms with Crippen LogP contribution in [0.25, 0.3) is 6.08 Å². The van der Waals surface area contributed by atoms with E-state index in [-0.39, 0.29) is 11.1 Å². The second-order valence-corrected chi connectivity index (χ2v) is 6.30. The molecule has 1 aliphatic rings. The number of amidine groups is 1. The van der Waals surface area contributed by atoms with Crippen LogP contribution in [-0.2, 0) is 11.4 Å². The van der Waals surface area contributed by atoms with Crippen molar-refractivity contribution in [2.24, 2.45) is 0 Å². The first-order chi connectivity index (χ1) is 11.1. The molecule has 2 aromatic rings. The van der Waals surface area contributed by atoms with Gasteiger partial charge in [0.1, 0.15) is 12.4 Å². The number of nitrogens with one attached hydrogen (secondary N) is 2. The average Bonchev–Trinajstić information content (AvgIpc) is 2.85. The number of hydrogen-bond acceptors (Lipinski definition) is 4. The summed E-state index contributed by atoms with van der Waals surface area (Å²) in [5.74, 6) is 0.488. The topological polar surface area (TPSA) is 62.2 Å². The van der Waals surface area contributed by atoms with Crippen molar-refractivity contribution in [3.05, 3.63) is 69.6 Å². The number of carbonyl (C=O) groups excluding carboxylic acids is 1. The lowest BCUT2D eigenvalue weighted by Gasteiger charge is -2.08. The van der Waals surface area contributed by atoms with Gasteiger partial charge in [0.15, 0.2) is 5.17 Å². The molecule has 6 heteroatoms. The third-order valence-corrected chi connectivity index (χ3v) is 4.39. The highest BCUT2D eigenvalue weighted by atomic mass is 35.5. The van der Waals surface area contributed by atoms with Crippen LogP contribution in [0.3, 0.4) is 0 Å². The largest absolute Gasteiger partial charge is 0.489 e. The van der Waals surface area contributed by atoms with Gasteiger partial charge in [0, 0.05) is 10.6 Å². The number of hydrogen-bond donors (Lipinski definition) is 2. The first-order valence-corrected chi connectivity index (χ1v) is 8.07. The predicted octanol–water partition coefficient (Wildman–Crippen LogP) is 4.06. The minimum absolute atomic E-state index is 0.154. The van der Waals surface area contributed by atoms with Crippen LogP contribution in [0, 0.1) is 5.41 Å². The molecule has 0 saturated carbocycles. The van der Waals surface area contributed by atoms with Crippen LogP contribution in [-0.4, -0.2) is 11.1 Å². The number of benzene rings is 2. The minimum Gasteiger partial charge on any atom is -0.489 e. The predicted molar refractivity (Wildman–Crippen MR) is 93.7 cm³/mol. The Bertz CT molecular complexity index is 787. The molecule has 23 heavy (non-hydrogen) atoms. The first-order valence-electron chi connectivity index (χ1n) is 6.87. The molecule has 3 rings (SSSR count). The van der Waals surface area contributed by atoms with Crippen molar-refractivity contribution in [2.45, 2.75) is 6.61 Å². The fourth-order valence-electron chi connectivity index (χ4n) is 2.03. The second-order valence-electron chi connectivity index (χ2n) is 4.84. The molecule has 2 N–H and O–H groups in total. The summed E-state index contributed by atoms with van der Waals surface area (Å²) in [6.45, 7) is 0.398. The van der Waals surface area contributed by atoms with Gasteiger partial charge in [0.2, 0.25) is 0 Å². The highest BCUT2D eigenvalue weighted by Crippen LogP contribution is 2.26. The Morgan fingerprint density at radius 1 is 1.17 bits per heavy atom. The molecule has 1 saturated heterocycles. The van der Waals surface area contributed by atoms with E-state index in [2.05, 4.69) is 5.32 Å². The maximum atomic E-state index is 11.6. The van der Waals surface area contributed by atoms with E-state index in [9.17, 15) is 4.79 Å². The lowest BCUT2D eigenvalue weighted by molar-refractivity contribution is -0.115. The SMILES string of the molecule is N=C1NC(=O)C(=Cc2ccc(OCc3ccccc3Cl)cc2)S1. The summed E-state index contributed by atoms with van der Waals surface area (Å²) in [4.78, 5) is 12.1. The van der Waals surface area contributed by atoms with Gasteiger partial charge in [-0.1, -0.05) is 41.9 Å². The monoisotopic (exact) mass is 344 g/mol. The average molecular weight is 345 g/mol. The Labute approximate surface area is 143 Å². The fourth-order valence-corrected chi connectivity index (χ4v) is 2.92. The Morgan fingerprint density at radius 3 is 2.57 bits per heavy atom. The van der Waals surface area contributed by atoms with Crippen molar-refractivity contribution in [1.29, 1.82) is 5.41 Å². The lowest BCUT2D eigenvalue weighted by Crippen LogP contribution is -2.18. The van der Waals surface area contributed by atoms with Crippen molar-refractivity contribution in [1.82, 2.24) is 5.32 Å². The molecule has 116 valence electrons. The van der Waals surface area contributed by atoms with Crippen LogP contribution >= 0.6 is 23.4 Å². The van der Waals surface area contributed by atoms with Crippen molar-refractivity contribution in [3.63, 3.8) is 0 Å². The van der Waals surface area contributed by atoms with Crippen molar-refractivity contribution in [2.75, 3.05) is 0 Å². The summed E-state index contributed by atoms with van der Waals surface area (Å²) < 4.78 is 5.71. The number of carbonyl (C=O) groups is 1. The quantitative estimate of drug-likeness (QED) is 0.822. The summed E-state index contributed by atoms with van der Waals surface area (Å²) in [5, 5.41) is 10.7. The van der Waals surface area contributed by atoms with Gasteiger partial charge in [-0.15, -0.1) is 0 Å². The van der Waals surface area contributed by atoms with E-state index in [1.165, 1.54) is 0 Å². The molecule has 2 aromatic carbocycles. The Hall–Kier alpha value is -2.24. The summed E-state index contributed by atoms with van der Waals surface area (Å²) in [6.07, 6.45) is 1.75. The van der Waals surface area contributed by atoms with E-state index < -0.39 is 0 Å². The standard InChI is InChI=1S/C17H13ClN2O2S/c18-14-4-2-1-3-12(14)10-22-13-7-5-11(6-8-13)9-15-16(21)20-17(19)23-15/h1-9H,10H2,(H2,19,20,21). The molecule has 0 atom stereocenters. The highest BCUT2D eigenvalue weighted by Gasteiger charge is 2.21. The van der Waals surface area contributed by atoms with Crippen LogP contribution in [0.15, 0.2) is 53.4 Å². The summed E-state index contributed by atoms with van der Waals surface area (Å²) in [6, 6.07) is 15.0. The van der Waals surface area contributed by atoms with Gasteiger partial charge in [0.25, 0.3) is 5.91 Å². The van der Waals surface area contributed by atoms with Gasteiger partial charge >= 0.3 is 0 Å². The third kappa shape index (κ3) is 3.94. The number of ether oxygens (including phenoxy) is 1. The smallest absolute Gasteiger partial charge is 0.264 e. The molecule has 0 aliphatic carbocycles. The molecular weight excluding hydrogens is 332 g/mol. The van der Waals surface area contributed by atoms with Crippen molar-refractivity contribution >= 4 is 40.5 Å².